The molecule has 1 aliphatic rings. The summed E-state index contributed by atoms with van der Waals surface area (Å²) in [6, 6.07) is 5.27. The lowest BCUT2D eigenvalue weighted by Gasteiger charge is -2.22. The lowest BCUT2D eigenvalue weighted by molar-refractivity contribution is 0.357. The van der Waals surface area contributed by atoms with E-state index in [1.807, 2.05) is 6.07 Å². The molecule has 0 heterocycles. The van der Waals surface area contributed by atoms with E-state index in [1.165, 1.54) is 26.0 Å². The van der Waals surface area contributed by atoms with Gasteiger partial charge >= 0.3 is 0 Å². The van der Waals surface area contributed by atoms with Gasteiger partial charge in [0.2, 0.25) is 0 Å². The Labute approximate surface area is 101 Å². The van der Waals surface area contributed by atoms with Gasteiger partial charge in [0.15, 0.2) is 11.6 Å². The van der Waals surface area contributed by atoms with Gasteiger partial charge < -0.3 is 4.74 Å². The number of nitrogens with two attached hydrogens (primary N) is 1. The Balaban J connectivity index is 2.10. The van der Waals surface area contributed by atoms with Gasteiger partial charge in [-0.3, -0.25) is 11.3 Å². The zero-order chi connectivity index (χ0) is 12.5. The van der Waals surface area contributed by atoms with Crippen molar-refractivity contribution in [2.45, 2.75) is 32.2 Å². The molecule has 3 nitrogen and oxygen atoms in total. The Hall–Kier alpha value is -1.13. The maximum Gasteiger partial charge on any atom is 0.165 e. The summed E-state index contributed by atoms with van der Waals surface area (Å²) >= 11 is 0. The van der Waals surface area contributed by atoms with Crippen molar-refractivity contribution in [2.24, 2.45) is 11.3 Å². The van der Waals surface area contributed by atoms with Crippen LogP contribution in [0.15, 0.2) is 18.2 Å². The normalized spacial score (nSPS) is 18.8. The first-order valence-corrected chi connectivity index (χ1v) is 5.87. The molecule has 4 heteroatoms. The molecule has 1 aromatic rings. The number of hydrogen-bond donors (Lipinski definition) is 2. The number of rotatable bonds is 5. The molecular formula is C13H19FN2O. The fourth-order valence-electron chi connectivity index (χ4n) is 2.12. The van der Waals surface area contributed by atoms with Gasteiger partial charge in [0.05, 0.1) is 7.11 Å². The van der Waals surface area contributed by atoms with Crippen LogP contribution in [0.25, 0.3) is 0 Å². The lowest BCUT2D eigenvalue weighted by atomic mass is 9.93. The third-order valence-electron chi connectivity index (χ3n) is 3.74. The highest BCUT2D eigenvalue weighted by Gasteiger charge is 2.44. The Morgan fingerprint density at radius 1 is 1.53 bits per heavy atom. The molecule has 1 atom stereocenters. The standard InChI is InChI=1S/C13H19FN2O/c1-13(5-6-13)12(16-15)8-9-3-4-11(17-2)10(14)7-9/h3-4,7,12,16H,5-6,8,15H2,1-2H3. The molecule has 0 radical (unpaired) electrons. The van der Waals surface area contributed by atoms with E-state index in [0.717, 1.165) is 12.0 Å². The fraction of sp³-hybridized carbons (Fsp3) is 0.538. The third kappa shape index (κ3) is 2.58. The molecule has 1 aromatic carbocycles. The van der Waals surface area contributed by atoms with Gasteiger partial charge in [-0.1, -0.05) is 13.0 Å². The number of nitrogens with one attached hydrogen (secondary N) is 1. The van der Waals surface area contributed by atoms with Crippen molar-refractivity contribution in [2.75, 3.05) is 7.11 Å². The predicted molar refractivity (Wildman–Crippen MR) is 65.1 cm³/mol. The van der Waals surface area contributed by atoms with Crippen molar-refractivity contribution in [3.63, 3.8) is 0 Å². The van der Waals surface area contributed by atoms with E-state index in [-0.39, 0.29) is 23.0 Å². The Morgan fingerprint density at radius 3 is 2.71 bits per heavy atom. The molecular weight excluding hydrogens is 219 g/mol. The number of halogens is 1. The van der Waals surface area contributed by atoms with E-state index in [0.29, 0.717) is 0 Å². The highest BCUT2D eigenvalue weighted by atomic mass is 19.1. The molecule has 0 bridgehead atoms. The topological polar surface area (TPSA) is 47.3 Å². The quantitative estimate of drug-likeness (QED) is 0.609. The first-order chi connectivity index (χ1) is 8.09. The second kappa shape index (κ2) is 4.63. The maximum atomic E-state index is 13.5. The minimum Gasteiger partial charge on any atom is -0.494 e. The summed E-state index contributed by atoms with van der Waals surface area (Å²) in [6.07, 6.45) is 3.11. The van der Waals surface area contributed by atoms with Crippen molar-refractivity contribution >= 4 is 0 Å². The van der Waals surface area contributed by atoms with Crippen LogP contribution in [0, 0.1) is 11.2 Å². The summed E-state index contributed by atoms with van der Waals surface area (Å²) in [5.41, 5.74) is 4.06. The number of hydrogen-bond acceptors (Lipinski definition) is 3. The fourth-order valence-corrected chi connectivity index (χ4v) is 2.12. The van der Waals surface area contributed by atoms with Crippen LogP contribution < -0.4 is 16.0 Å². The lowest BCUT2D eigenvalue weighted by Crippen LogP contribution is -2.42. The second-order valence-corrected chi connectivity index (χ2v) is 5.05. The number of hydrazine groups is 1. The van der Waals surface area contributed by atoms with Gasteiger partial charge in [-0.15, -0.1) is 0 Å². The molecule has 3 N–H and O–H groups in total. The van der Waals surface area contributed by atoms with Crippen LogP contribution in [0.3, 0.4) is 0 Å². The van der Waals surface area contributed by atoms with E-state index in [2.05, 4.69) is 12.3 Å². The van der Waals surface area contributed by atoms with Crippen molar-refractivity contribution in [3.8, 4) is 5.75 Å². The largest absolute Gasteiger partial charge is 0.494 e. The van der Waals surface area contributed by atoms with Crippen LogP contribution >= 0.6 is 0 Å². The predicted octanol–water partition coefficient (Wildman–Crippen LogP) is 2.01. The SMILES string of the molecule is COc1ccc(CC(NN)C2(C)CC2)cc1F. The molecule has 0 aliphatic heterocycles. The molecule has 1 fully saturated rings. The Morgan fingerprint density at radius 2 is 2.24 bits per heavy atom. The van der Waals surface area contributed by atoms with Gasteiger partial charge in [0.25, 0.3) is 0 Å². The Bertz CT molecular complexity index is 404. The van der Waals surface area contributed by atoms with Gasteiger partial charge in [-0.05, 0) is 42.4 Å². The molecule has 0 amide bonds. The van der Waals surface area contributed by atoms with Gasteiger partial charge in [-0.25, -0.2) is 4.39 Å². The van der Waals surface area contributed by atoms with Crippen molar-refractivity contribution < 1.29 is 9.13 Å². The summed E-state index contributed by atoms with van der Waals surface area (Å²) in [4.78, 5) is 0. The number of ether oxygens (including phenoxy) is 1. The second-order valence-electron chi connectivity index (χ2n) is 5.05. The van der Waals surface area contributed by atoms with Crippen LogP contribution in [0.1, 0.15) is 25.3 Å². The first kappa shape index (κ1) is 12.3. The van der Waals surface area contributed by atoms with Crippen molar-refractivity contribution in [1.82, 2.24) is 5.43 Å². The molecule has 2 rings (SSSR count). The van der Waals surface area contributed by atoms with Crippen LogP contribution in [0.2, 0.25) is 0 Å². The minimum atomic E-state index is -0.318. The van der Waals surface area contributed by atoms with Crippen LogP contribution in [0.4, 0.5) is 4.39 Å². The third-order valence-corrected chi connectivity index (χ3v) is 3.74. The zero-order valence-corrected chi connectivity index (χ0v) is 10.3. The Kier molecular flexibility index (Phi) is 3.35. The van der Waals surface area contributed by atoms with Crippen LogP contribution in [-0.2, 0) is 6.42 Å². The van der Waals surface area contributed by atoms with Crippen molar-refractivity contribution in [3.05, 3.63) is 29.6 Å². The van der Waals surface area contributed by atoms with E-state index >= 15 is 0 Å². The average Bonchev–Trinajstić information content (AvgIpc) is 3.05. The molecule has 1 saturated carbocycles. The molecule has 0 spiro atoms. The highest BCUT2D eigenvalue weighted by molar-refractivity contribution is 5.30. The molecule has 94 valence electrons. The van der Waals surface area contributed by atoms with Gasteiger partial charge in [0.1, 0.15) is 0 Å². The molecule has 0 aromatic heterocycles. The van der Waals surface area contributed by atoms with Gasteiger partial charge in [0, 0.05) is 6.04 Å². The minimum absolute atomic E-state index is 0.204. The summed E-state index contributed by atoms with van der Waals surface area (Å²) in [7, 11) is 1.47. The monoisotopic (exact) mass is 238 g/mol. The summed E-state index contributed by atoms with van der Waals surface area (Å²) in [5, 5.41) is 0. The van der Waals surface area contributed by atoms with Crippen molar-refractivity contribution in [1.29, 1.82) is 0 Å². The summed E-state index contributed by atoms with van der Waals surface area (Å²) in [6.45, 7) is 2.21. The molecule has 17 heavy (non-hydrogen) atoms. The zero-order valence-electron chi connectivity index (χ0n) is 10.3. The molecule has 1 unspecified atom stereocenters. The summed E-state index contributed by atoms with van der Waals surface area (Å²) in [5.74, 6) is 5.54. The molecule has 1 aliphatic carbocycles. The van der Waals surface area contributed by atoms with Crippen LogP contribution in [0.5, 0.6) is 5.75 Å². The smallest absolute Gasteiger partial charge is 0.165 e. The summed E-state index contributed by atoms with van der Waals surface area (Å²) < 4.78 is 18.4. The van der Waals surface area contributed by atoms with E-state index < -0.39 is 0 Å². The van der Waals surface area contributed by atoms with E-state index in [9.17, 15) is 4.39 Å². The van der Waals surface area contributed by atoms with E-state index in [1.54, 1.807) is 6.07 Å². The van der Waals surface area contributed by atoms with Gasteiger partial charge in [-0.2, -0.15) is 0 Å². The number of methoxy groups -OCH3 is 1. The molecule has 0 saturated heterocycles. The van der Waals surface area contributed by atoms with E-state index in [4.69, 9.17) is 10.6 Å². The van der Waals surface area contributed by atoms with Crippen LogP contribution in [-0.4, -0.2) is 13.2 Å². The highest BCUT2D eigenvalue weighted by Crippen LogP contribution is 2.48. The first-order valence-electron chi connectivity index (χ1n) is 5.87. The maximum absolute atomic E-state index is 13.5. The number of benzene rings is 1. The average molecular weight is 238 g/mol.